The van der Waals surface area contributed by atoms with Crippen molar-refractivity contribution in [1.29, 1.82) is 0 Å². The molecule has 10 heteroatoms. The van der Waals surface area contributed by atoms with Crippen molar-refractivity contribution in [2.45, 2.75) is 17.3 Å². The largest absolute Gasteiger partial charge is 0.324 e. The molecule has 2 aromatic heterocycles. The standard InChI is InChI=1S/C22H16Cl2FN5OS/c1-13(21(31)27-19-12-15(23)2-7-18(19)24)32-22-29-28-20(14-8-10-26-11-9-14)30(22)17-5-3-16(25)4-6-17/h2-13H,1H3,(H,27,31). The predicted octanol–water partition coefficient (Wildman–Crippen LogP) is 5.89. The molecule has 0 radical (unpaired) electrons. The molecular weight excluding hydrogens is 472 g/mol. The van der Waals surface area contributed by atoms with Gasteiger partial charge in [0.15, 0.2) is 11.0 Å². The van der Waals surface area contributed by atoms with E-state index in [0.29, 0.717) is 32.4 Å². The summed E-state index contributed by atoms with van der Waals surface area (Å²) in [4.78, 5) is 16.8. The molecule has 0 saturated heterocycles. The average molecular weight is 488 g/mol. The van der Waals surface area contributed by atoms with E-state index in [1.165, 1.54) is 23.9 Å². The molecule has 0 fully saturated rings. The molecule has 0 aliphatic heterocycles. The zero-order valence-electron chi connectivity index (χ0n) is 16.7. The van der Waals surface area contributed by atoms with Gasteiger partial charge < -0.3 is 5.32 Å². The van der Waals surface area contributed by atoms with Crippen LogP contribution >= 0.6 is 35.0 Å². The second-order valence-corrected chi connectivity index (χ2v) is 8.88. The molecule has 2 aromatic carbocycles. The quantitative estimate of drug-likeness (QED) is 0.343. The van der Waals surface area contributed by atoms with Gasteiger partial charge in [-0.1, -0.05) is 35.0 Å². The van der Waals surface area contributed by atoms with Crippen LogP contribution in [0.4, 0.5) is 10.1 Å². The number of benzene rings is 2. The topological polar surface area (TPSA) is 72.7 Å². The fraction of sp³-hybridized carbons (Fsp3) is 0.0909. The van der Waals surface area contributed by atoms with Crippen LogP contribution in [0.25, 0.3) is 17.1 Å². The third-order valence-corrected chi connectivity index (χ3v) is 6.10. The van der Waals surface area contributed by atoms with Gasteiger partial charge in [0.1, 0.15) is 5.82 Å². The SMILES string of the molecule is CC(Sc1nnc(-c2ccncc2)n1-c1ccc(F)cc1)C(=O)Nc1cc(Cl)ccc1Cl. The van der Waals surface area contributed by atoms with Gasteiger partial charge in [-0.25, -0.2) is 4.39 Å². The molecule has 0 saturated carbocycles. The monoisotopic (exact) mass is 487 g/mol. The highest BCUT2D eigenvalue weighted by Crippen LogP contribution is 2.31. The van der Waals surface area contributed by atoms with Gasteiger partial charge in [0.25, 0.3) is 0 Å². The molecular formula is C22H16Cl2FN5OS. The Balaban J connectivity index is 1.64. The van der Waals surface area contributed by atoms with E-state index in [1.54, 1.807) is 66.3 Å². The Kier molecular flexibility index (Phi) is 6.74. The molecule has 4 rings (SSSR count). The normalized spacial score (nSPS) is 11.9. The molecule has 0 bridgehead atoms. The number of pyridine rings is 1. The number of amides is 1. The summed E-state index contributed by atoms with van der Waals surface area (Å²) in [7, 11) is 0. The summed E-state index contributed by atoms with van der Waals surface area (Å²) in [5, 5.41) is 12.2. The van der Waals surface area contributed by atoms with Gasteiger partial charge in [0.05, 0.1) is 16.0 Å². The Labute approximate surface area is 197 Å². The number of nitrogens with one attached hydrogen (secondary N) is 1. The van der Waals surface area contributed by atoms with Gasteiger partial charge in [-0.15, -0.1) is 10.2 Å². The predicted molar refractivity (Wildman–Crippen MR) is 125 cm³/mol. The lowest BCUT2D eigenvalue weighted by Gasteiger charge is -2.14. The second-order valence-electron chi connectivity index (χ2n) is 6.73. The third kappa shape index (κ3) is 4.93. The second kappa shape index (κ2) is 9.68. The summed E-state index contributed by atoms with van der Waals surface area (Å²) in [6.45, 7) is 1.74. The van der Waals surface area contributed by atoms with Crippen molar-refractivity contribution >= 4 is 46.6 Å². The smallest absolute Gasteiger partial charge is 0.237 e. The summed E-state index contributed by atoms with van der Waals surface area (Å²) in [6, 6.07) is 14.4. The fourth-order valence-electron chi connectivity index (χ4n) is 2.90. The van der Waals surface area contributed by atoms with Crippen molar-refractivity contribution in [3.63, 3.8) is 0 Å². The maximum atomic E-state index is 13.5. The minimum Gasteiger partial charge on any atom is -0.324 e. The summed E-state index contributed by atoms with van der Waals surface area (Å²) in [5.74, 6) is -0.0853. The van der Waals surface area contributed by atoms with E-state index in [2.05, 4.69) is 20.5 Å². The fourth-order valence-corrected chi connectivity index (χ4v) is 4.10. The molecule has 1 amide bonds. The molecule has 2 heterocycles. The first-order valence-corrected chi connectivity index (χ1v) is 11.1. The highest BCUT2D eigenvalue weighted by Gasteiger charge is 2.22. The summed E-state index contributed by atoms with van der Waals surface area (Å²) >= 11 is 13.4. The molecule has 4 aromatic rings. The van der Waals surface area contributed by atoms with E-state index in [4.69, 9.17) is 23.2 Å². The average Bonchev–Trinajstić information content (AvgIpc) is 3.20. The molecule has 0 aliphatic rings. The van der Waals surface area contributed by atoms with Gasteiger partial charge in [0, 0.05) is 28.7 Å². The summed E-state index contributed by atoms with van der Waals surface area (Å²) in [5.41, 5.74) is 1.87. The van der Waals surface area contributed by atoms with Gasteiger partial charge in [0.2, 0.25) is 5.91 Å². The number of anilines is 1. The van der Waals surface area contributed by atoms with Gasteiger partial charge >= 0.3 is 0 Å². The van der Waals surface area contributed by atoms with Crippen LogP contribution in [-0.2, 0) is 4.79 Å². The summed E-state index contributed by atoms with van der Waals surface area (Å²) in [6.07, 6.45) is 3.30. The van der Waals surface area contributed by atoms with Crippen molar-refractivity contribution in [1.82, 2.24) is 19.7 Å². The van der Waals surface area contributed by atoms with Crippen LogP contribution in [0.15, 0.2) is 72.1 Å². The van der Waals surface area contributed by atoms with Crippen LogP contribution < -0.4 is 5.32 Å². The van der Waals surface area contributed by atoms with Crippen LogP contribution in [0, 0.1) is 5.82 Å². The van der Waals surface area contributed by atoms with E-state index in [9.17, 15) is 9.18 Å². The zero-order valence-corrected chi connectivity index (χ0v) is 19.0. The van der Waals surface area contributed by atoms with E-state index in [1.807, 2.05) is 0 Å². The van der Waals surface area contributed by atoms with E-state index < -0.39 is 5.25 Å². The number of hydrogen-bond donors (Lipinski definition) is 1. The molecule has 6 nitrogen and oxygen atoms in total. The molecule has 1 unspecified atom stereocenters. The number of rotatable bonds is 6. The first-order chi connectivity index (χ1) is 15.4. The zero-order chi connectivity index (χ0) is 22.7. The van der Waals surface area contributed by atoms with Crippen LogP contribution in [0.5, 0.6) is 0 Å². The molecule has 32 heavy (non-hydrogen) atoms. The maximum Gasteiger partial charge on any atom is 0.237 e. The van der Waals surface area contributed by atoms with Crippen molar-refractivity contribution in [2.24, 2.45) is 0 Å². The van der Waals surface area contributed by atoms with E-state index in [0.717, 1.165) is 5.56 Å². The van der Waals surface area contributed by atoms with Gasteiger partial charge in [-0.05, 0) is 61.5 Å². The Morgan fingerprint density at radius 2 is 1.78 bits per heavy atom. The van der Waals surface area contributed by atoms with E-state index >= 15 is 0 Å². The molecule has 0 aliphatic carbocycles. The minimum absolute atomic E-state index is 0.279. The first-order valence-electron chi connectivity index (χ1n) is 9.46. The Hall–Kier alpha value is -2.94. The highest BCUT2D eigenvalue weighted by atomic mass is 35.5. The van der Waals surface area contributed by atoms with Crippen molar-refractivity contribution in [3.8, 4) is 17.1 Å². The maximum absolute atomic E-state index is 13.5. The van der Waals surface area contributed by atoms with E-state index in [-0.39, 0.29) is 11.7 Å². The summed E-state index contributed by atoms with van der Waals surface area (Å²) < 4.78 is 15.3. The number of nitrogens with zero attached hydrogens (tertiary/aromatic N) is 4. The number of hydrogen-bond acceptors (Lipinski definition) is 5. The van der Waals surface area contributed by atoms with Crippen molar-refractivity contribution < 1.29 is 9.18 Å². The minimum atomic E-state index is -0.543. The molecule has 1 N–H and O–H groups in total. The lowest BCUT2D eigenvalue weighted by atomic mass is 10.2. The van der Waals surface area contributed by atoms with Crippen LogP contribution in [-0.4, -0.2) is 30.9 Å². The number of carbonyl (C=O) groups is 1. The lowest BCUT2D eigenvalue weighted by molar-refractivity contribution is -0.115. The Morgan fingerprint density at radius 3 is 2.50 bits per heavy atom. The Bertz CT molecular complexity index is 1250. The van der Waals surface area contributed by atoms with Crippen molar-refractivity contribution in [3.05, 3.63) is 82.9 Å². The Morgan fingerprint density at radius 1 is 1.06 bits per heavy atom. The number of thioether (sulfide) groups is 1. The molecule has 162 valence electrons. The van der Waals surface area contributed by atoms with Gasteiger partial charge in [-0.3, -0.25) is 14.3 Å². The van der Waals surface area contributed by atoms with Crippen molar-refractivity contribution in [2.75, 3.05) is 5.32 Å². The number of carbonyl (C=O) groups excluding carboxylic acids is 1. The van der Waals surface area contributed by atoms with Crippen LogP contribution in [0.3, 0.4) is 0 Å². The number of aromatic nitrogens is 4. The van der Waals surface area contributed by atoms with Crippen LogP contribution in [0.1, 0.15) is 6.92 Å². The van der Waals surface area contributed by atoms with Crippen LogP contribution in [0.2, 0.25) is 10.0 Å². The first kappa shape index (κ1) is 22.3. The molecule has 1 atom stereocenters. The number of halogens is 3. The van der Waals surface area contributed by atoms with Gasteiger partial charge in [-0.2, -0.15) is 0 Å². The lowest BCUT2D eigenvalue weighted by Crippen LogP contribution is -2.23. The highest BCUT2D eigenvalue weighted by molar-refractivity contribution is 8.00. The molecule has 0 spiro atoms. The third-order valence-electron chi connectivity index (χ3n) is 4.49.